The molecule has 0 atom stereocenters. The smallest absolute Gasteiger partial charge is 0.194 e. The molecular weight excluding hydrogens is 286 g/mol. The Hall–Kier alpha value is -1.38. The fourth-order valence-electron chi connectivity index (χ4n) is 1.91. The lowest BCUT2D eigenvalue weighted by Gasteiger charge is -2.07. The Bertz CT molecular complexity index is 642. The number of benzene rings is 2. The molecule has 0 aliphatic carbocycles. The lowest BCUT2D eigenvalue weighted by Crippen LogP contribution is -2.04. The minimum Gasteiger partial charge on any atom is -0.289 e. The Morgan fingerprint density at radius 2 is 1.63 bits per heavy atom. The van der Waals surface area contributed by atoms with Gasteiger partial charge in [0.25, 0.3) is 0 Å². The van der Waals surface area contributed by atoms with Gasteiger partial charge < -0.3 is 0 Å². The molecule has 2 aromatic carbocycles. The molecule has 0 aliphatic rings. The topological polar surface area (TPSA) is 17.1 Å². The maximum Gasteiger partial charge on any atom is 0.194 e. The molecule has 0 N–H and O–H groups in total. The molecule has 0 unspecified atom stereocenters. The predicted octanol–water partition coefficient (Wildman–Crippen LogP) is 4.98. The van der Waals surface area contributed by atoms with E-state index in [-0.39, 0.29) is 16.6 Å². The number of rotatable bonds is 2. The van der Waals surface area contributed by atoms with Crippen molar-refractivity contribution in [2.45, 2.75) is 13.8 Å². The first kappa shape index (κ1) is 14.0. The molecule has 0 radical (unpaired) electrons. The van der Waals surface area contributed by atoms with Crippen molar-refractivity contribution >= 4 is 29.0 Å². The number of hydrogen-bond acceptors (Lipinski definition) is 1. The van der Waals surface area contributed by atoms with Crippen LogP contribution < -0.4 is 0 Å². The lowest BCUT2D eigenvalue weighted by atomic mass is 9.99. The van der Waals surface area contributed by atoms with Gasteiger partial charge in [-0.1, -0.05) is 23.2 Å². The summed E-state index contributed by atoms with van der Waals surface area (Å²) in [6.07, 6.45) is 0. The van der Waals surface area contributed by atoms with E-state index in [1.54, 1.807) is 26.0 Å². The van der Waals surface area contributed by atoms with E-state index in [2.05, 4.69) is 0 Å². The summed E-state index contributed by atoms with van der Waals surface area (Å²) in [7, 11) is 0. The largest absolute Gasteiger partial charge is 0.289 e. The van der Waals surface area contributed by atoms with Crippen molar-refractivity contribution in [2.75, 3.05) is 0 Å². The third-order valence-electron chi connectivity index (χ3n) is 2.87. The van der Waals surface area contributed by atoms with E-state index in [9.17, 15) is 9.18 Å². The number of carbonyl (C=O) groups excluding carboxylic acids is 1. The molecule has 0 aromatic heterocycles. The van der Waals surface area contributed by atoms with Crippen LogP contribution in [0.3, 0.4) is 0 Å². The minimum absolute atomic E-state index is 0.243. The average Bonchev–Trinajstić information content (AvgIpc) is 2.34. The average molecular weight is 297 g/mol. The van der Waals surface area contributed by atoms with Crippen LogP contribution in [0.5, 0.6) is 0 Å². The molecule has 0 heterocycles. The second-order valence-electron chi connectivity index (χ2n) is 4.38. The lowest BCUT2D eigenvalue weighted by molar-refractivity contribution is 0.103. The van der Waals surface area contributed by atoms with E-state index in [0.29, 0.717) is 27.3 Å². The van der Waals surface area contributed by atoms with Crippen molar-refractivity contribution in [2.24, 2.45) is 0 Å². The van der Waals surface area contributed by atoms with Crippen LogP contribution in [0.15, 0.2) is 30.3 Å². The summed E-state index contributed by atoms with van der Waals surface area (Å²) in [6.45, 7) is 3.26. The van der Waals surface area contributed by atoms with Crippen LogP contribution in [0, 0.1) is 19.7 Å². The SMILES string of the molecule is Cc1cc(C(=O)c2ccc(Cl)cc2Cl)cc(C)c1F. The minimum atomic E-state index is -0.293. The van der Waals surface area contributed by atoms with E-state index in [1.165, 1.54) is 18.2 Å². The monoisotopic (exact) mass is 296 g/mol. The standard InChI is InChI=1S/C15H11Cl2FO/c1-8-5-10(6-9(2)14(8)18)15(19)12-4-3-11(16)7-13(12)17/h3-7H,1-2H3. The second kappa shape index (κ2) is 5.32. The molecule has 19 heavy (non-hydrogen) atoms. The van der Waals surface area contributed by atoms with E-state index >= 15 is 0 Å². The maximum absolute atomic E-state index is 13.6. The number of aryl methyl sites for hydroxylation is 2. The number of carbonyl (C=O) groups is 1. The van der Waals surface area contributed by atoms with E-state index in [0.717, 1.165) is 0 Å². The summed E-state index contributed by atoms with van der Waals surface area (Å²) in [5, 5.41) is 0.755. The van der Waals surface area contributed by atoms with Crippen LogP contribution in [0.4, 0.5) is 4.39 Å². The summed E-state index contributed by atoms with van der Waals surface area (Å²) < 4.78 is 13.6. The predicted molar refractivity (Wildman–Crippen MR) is 75.8 cm³/mol. The molecule has 2 aromatic rings. The highest BCUT2D eigenvalue weighted by Crippen LogP contribution is 2.25. The van der Waals surface area contributed by atoms with Crippen molar-refractivity contribution in [3.05, 3.63) is 68.4 Å². The van der Waals surface area contributed by atoms with Gasteiger partial charge in [-0.2, -0.15) is 0 Å². The van der Waals surface area contributed by atoms with Crippen LogP contribution in [0.1, 0.15) is 27.0 Å². The maximum atomic E-state index is 13.6. The first-order valence-electron chi connectivity index (χ1n) is 5.66. The zero-order valence-corrected chi connectivity index (χ0v) is 11.9. The summed E-state index contributed by atoms with van der Waals surface area (Å²) in [4.78, 5) is 12.3. The molecule has 0 aliphatic heterocycles. The van der Waals surface area contributed by atoms with Crippen molar-refractivity contribution < 1.29 is 9.18 Å². The summed E-state index contributed by atoms with van der Waals surface area (Å²) in [5.41, 5.74) is 1.65. The highest BCUT2D eigenvalue weighted by atomic mass is 35.5. The van der Waals surface area contributed by atoms with Crippen molar-refractivity contribution in [1.82, 2.24) is 0 Å². The van der Waals surface area contributed by atoms with Gasteiger partial charge in [0, 0.05) is 16.1 Å². The van der Waals surface area contributed by atoms with Gasteiger partial charge in [-0.25, -0.2) is 4.39 Å². The molecule has 4 heteroatoms. The fourth-order valence-corrected chi connectivity index (χ4v) is 2.40. The van der Waals surface area contributed by atoms with Crippen LogP contribution in [-0.4, -0.2) is 5.78 Å². The zero-order chi connectivity index (χ0) is 14.2. The second-order valence-corrected chi connectivity index (χ2v) is 5.22. The van der Waals surface area contributed by atoms with Crippen molar-refractivity contribution in [3.63, 3.8) is 0 Å². The molecule has 98 valence electrons. The van der Waals surface area contributed by atoms with Crippen molar-refractivity contribution in [3.8, 4) is 0 Å². The van der Waals surface area contributed by atoms with E-state index in [4.69, 9.17) is 23.2 Å². The Morgan fingerprint density at radius 3 is 2.16 bits per heavy atom. The van der Waals surface area contributed by atoms with Crippen LogP contribution in [0.25, 0.3) is 0 Å². The molecule has 0 bridgehead atoms. The van der Waals surface area contributed by atoms with Gasteiger partial charge in [-0.15, -0.1) is 0 Å². The molecule has 0 spiro atoms. The van der Waals surface area contributed by atoms with Gasteiger partial charge in [0.2, 0.25) is 0 Å². The highest BCUT2D eigenvalue weighted by Gasteiger charge is 2.15. The normalized spacial score (nSPS) is 10.6. The summed E-state index contributed by atoms with van der Waals surface area (Å²) in [6, 6.07) is 7.73. The summed E-state index contributed by atoms with van der Waals surface area (Å²) >= 11 is 11.8. The van der Waals surface area contributed by atoms with Gasteiger partial charge in [0.05, 0.1) is 5.02 Å². The molecule has 0 saturated carbocycles. The molecule has 2 rings (SSSR count). The molecular formula is C15H11Cl2FO. The highest BCUT2D eigenvalue weighted by molar-refractivity contribution is 6.37. The quantitative estimate of drug-likeness (QED) is 0.714. The van der Waals surface area contributed by atoms with Crippen LogP contribution >= 0.6 is 23.2 Å². The fraction of sp³-hybridized carbons (Fsp3) is 0.133. The third-order valence-corrected chi connectivity index (χ3v) is 3.42. The van der Waals surface area contributed by atoms with E-state index in [1.807, 2.05) is 0 Å². The van der Waals surface area contributed by atoms with E-state index < -0.39 is 0 Å². The Morgan fingerprint density at radius 1 is 1.05 bits per heavy atom. The molecule has 1 nitrogen and oxygen atoms in total. The van der Waals surface area contributed by atoms with Gasteiger partial charge in [0.15, 0.2) is 5.78 Å². The molecule has 0 fully saturated rings. The zero-order valence-electron chi connectivity index (χ0n) is 10.4. The number of ketones is 1. The van der Waals surface area contributed by atoms with Gasteiger partial charge in [0.1, 0.15) is 5.82 Å². The third kappa shape index (κ3) is 2.80. The van der Waals surface area contributed by atoms with Gasteiger partial charge in [-0.05, 0) is 55.3 Å². The number of hydrogen-bond donors (Lipinski definition) is 0. The first-order chi connectivity index (χ1) is 8.90. The van der Waals surface area contributed by atoms with Gasteiger partial charge >= 0.3 is 0 Å². The van der Waals surface area contributed by atoms with Crippen LogP contribution in [0.2, 0.25) is 10.0 Å². The Kier molecular flexibility index (Phi) is 3.93. The first-order valence-corrected chi connectivity index (χ1v) is 6.42. The summed E-state index contributed by atoms with van der Waals surface area (Å²) in [5.74, 6) is -0.536. The van der Waals surface area contributed by atoms with Gasteiger partial charge in [-0.3, -0.25) is 4.79 Å². The van der Waals surface area contributed by atoms with Crippen molar-refractivity contribution in [1.29, 1.82) is 0 Å². The number of halogens is 3. The Balaban J connectivity index is 2.50. The van der Waals surface area contributed by atoms with Crippen LogP contribution in [-0.2, 0) is 0 Å². The molecule has 0 amide bonds. The molecule has 0 saturated heterocycles. The Labute approximate surface area is 121 Å².